The van der Waals surface area contributed by atoms with Crippen LogP contribution >= 0.6 is 11.8 Å². The van der Waals surface area contributed by atoms with Crippen LogP contribution in [0.1, 0.15) is 67.6 Å². The highest BCUT2D eigenvalue weighted by molar-refractivity contribution is 7.99. The quantitative estimate of drug-likeness (QED) is 0.884. The normalized spacial score (nSPS) is 31.2. The molecule has 0 saturated heterocycles. The van der Waals surface area contributed by atoms with E-state index in [0.717, 1.165) is 24.5 Å². The molecule has 1 fully saturated rings. The molecular formula is C16H25NOS. The summed E-state index contributed by atoms with van der Waals surface area (Å²) in [6.07, 6.45) is 10.6. The number of aromatic nitrogens is 1. The van der Waals surface area contributed by atoms with Crippen molar-refractivity contribution < 1.29 is 5.11 Å². The summed E-state index contributed by atoms with van der Waals surface area (Å²) in [4.78, 5) is 0. The van der Waals surface area contributed by atoms with E-state index in [9.17, 15) is 5.11 Å². The molecule has 1 unspecified atom stereocenters. The van der Waals surface area contributed by atoms with Crippen LogP contribution in [0.5, 0.6) is 0 Å². The lowest BCUT2D eigenvalue weighted by atomic mass is 9.92. The number of rotatable bonds is 2. The first kappa shape index (κ1) is 13.6. The molecule has 2 aliphatic carbocycles. The first-order chi connectivity index (χ1) is 9.20. The highest BCUT2D eigenvalue weighted by Crippen LogP contribution is 2.39. The molecule has 1 heterocycles. The smallest absolute Gasteiger partial charge is 0.0807 e. The van der Waals surface area contributed by atoms with Gasteiger partial charge in [-0.15, -0.1) is 0 Å². The van der Waals surface area contributed by atoms with Crippen LogP contribution in [0.2, 0.25) is 0 Å². The van der Waals surface area contributed by atoms with Gasteiger partial charge in [-0.05, 0) is 64.2 Å². The van der Waals surface area contributed by atoms with Gasteiger partial charge in [0.1, 0.15) is 0 Å². The molecule has 1 saturated carbocycles. The summed E-state index contributed by atoms with van der Waals surface area (Å²) < 4.78 is 2.56. The third kappa shape index (κ3) is 2.47. The monoisotopic (exact) mass is 279 g/mol. The molecule has 0 bridgehead atoms. The summed E-state index contributed by atoms with van der Waals surface area (Å²) in [7, 11) is 0. The largest absolute Gasteiger partial charge is 0.388 e. The molecule has 1 N–H and O–H groups in total. The Labute approximate surface area is 120 Å². The van der Waals surface area contributed by atoms with Crippen LogP contribution in [0.25, 0.3) is 0 Å². The van der Waals surface area contributed by atoms with Crippen molar-refractivity contribution in [2.24, 2.45) is 0 Å². The molecule has 0 amide bonds. The third-order valence-corrected chi connectivity index (χ3v) is 6.10. The average Bonchev–Trinajstić information content (AvgIpc) is 2.77. The van der Waals surface area contributed by atoms with E-state index < -0.39 is 0 Å². The van der Waals surface area contributed by atoms with Crippen LogP contribution in [0.4, 0.5) is 0 Å². The number of fused-ring (bicyclic) bond motifs is 1. The second-order valence-corrected chi connectivity index (χ2v) is 7.27. The van der Waals surface area contributed by atoms with E-state index in [-0.39, 0.29) is 6.10 Å². The molecule has 3 heteroatoms. The van der Waals surface area contributed by atoms with E-state index in [1.807, 2.05) is 11.8 Å². The first-order valence-electron chi connectivity index (χ1n) is 7.62. The maximum Gasteiger partial charge on any atom is 0.0807 e. The molecule has 1 aromatic rings. The summed E-state index contributed by atoms with van der Waals surface area (Å²) in [5, 5.41) is 11.0. The minimum atomic E-state index is -0.216. The molecule has 0 aromatic carbocycles. The SMILES string of the molecule is CSC1CCC(n2c(C)cc3c2CCCC3O)CC1. The summed E-state index contributed by atoms with van der Waals surface area (Å²) in [5.74, 6) is 0. The minimum absolute atomic E-state index is 0.216. The van der Waals surface area contributed by atoms with Gasteiger partial charge in [-0.2, -0.15) is 11.8 Å². The molecule has 1 aromatic heterocycles. The molecule has 0 radical (unpaired) electrons. The second kappa shape index (κ2) is 5.53. The third-order valence-electron chi connectivity index (χ3n) is 4.96. The minimum Gasteiger partial charge on any atom is -0.388 e. The molecule has 19 heavy (non-hydrogen) atoms. The van der Waals surface area contributed by atoms with Crippen molar-refractivity contribution in [3.05, 3.63) is 23.0 Å². The van der Waals surface area contributed by atoms with E-state index in [1.165, 1.54) is 42.6 Å². The maximum absolute atomic E-state index is 10.2. The Balaban J connectivity index is 1.85. The van der Waals surface area contributed by atoms with Crippen LogP contribution in [0.15, 0.2) is 6.07 Å². The predicted molar refractivity (Wildman–Crippen MR) is 81.9 cm³/mol. The van der Waals surface area contributed by atoms with Gasteiger partial charge in [0.05, 0.1) is 6.10 Å². The lowest BCUT2D eigenvalue weighted by Crippen LogP contribution is -2.22. The molecule has 106 valence electrons. The zero-order valence-electron chi connectivity index (χ0n) is 12.1. The van der Waals surface area contributed by atoms with E-state index >= 15 is 0 Å². The van der Waals surface area contributed by atoms with Crippen LogP contribution < -0.4 is 0 Å². The van der Waals surface area contributed by atoms with Gasteiger partial charge >= 0.3 is 0 Å². The molecule has 2 nitrogen and oxygen atoms in total. The molecule has 2 aliphatic rings. The lowest BCUT2D eigenvalue weighted by molar-refractivity contribution is 0.155. The van der Waals surface area contributed by atoms with Crippen LogP contribution in [-0.2, 0) is 6.42 Å². The topological polar surface area (TPSA) is 25.2 Å². The molecule has 0 spiro atoms. The number of aliphatic hydroxyl groups excluding tert-OH is 1. The van der Waals surface area contributed by atoms with Gasteiger partial charge in [0.2, 0.25) is 0 Å². The van der Waals surface area contributed by atoms with E-state index in [1.54, 1.807) is 0 Å². The van der Waals surface area contributed by atoms with Crippen molar-refractivity contribution in [3.63, 3.8) is 0 Å². The van der Waals surface area contributed by atoms with Gasteiger partial charge in [-0.1, -0.05) is 0 Å². The maximum atomic E-state index is 10.2. The Morgan fingerprint density at radius 1 is 1.21 bits per heavy atom. The van der Waals surface area contributed by atoms with E-state index in [0.29, 0.717) is 6.04 Å². The Morgan fingerprint density at radius 3 is 2.63 bits per heavy atom. The lowest BCUT2D eigenvalue weighted by Gasteiger charge is -2.32. The van der Waals surface area contributed by atoms with Crippen molar-refractivity contribution in [1.29, 1.82) is 0 Å². The van der Waals surface area contributed by atoms with Gasteiger partial charge in [-0.3, -0.25) is 0 Å². The highest BCUT2D eigenvalue weighted by atomic mass is 32.2. The van der Waals surface area contributed by atoms with Gasteiger partial charge < -0.3 is 9.67 Å². The number of hydrogen-bond acceptors (Lipinski definition) is 2. The van der Waals surface area contributed by atoms with Crippen molar-refractivity contribution >= 4 is 11.8 Å². The summed E-state index contributed by atoms with van der Waals surface area (Å²) in [5.41, 5.74) is 4.01. The Hall–Kier alpha value is -0.410. The fourth-order valence-corrected chi connectivity index (χ4v) is 4.69. The fourth-order valence-electron chi connectivity index (χ4n) is 3.95. The van der Waals surface area contributed by atoms with E-state index in [2.05, 4.69) is 23.8 Å². The second-order valence-electron chi connectivity index (χ2n) is 6.13. The zero-order valence-corrected chi connectivity index (χ0v) is 12.9. The number of nitrogens with zero attached hydrogens (tertiary/aromatic N) is 1. The van der Waals surface area contributed by atoms with Crippen LogP contribution in [0.3, 0.4) is 0 Å². The number of aliphatic hydroxyl groups is 1. The number of thioether (sulfide) groups is 1. The van der Waals surface area contributed by atoms with Crippen molar-refractivity contribution in [2.75, 3.05) is 6.26 Å². The number of aryl methyl sites for hydroxylation is 1. The van der Waals surface area contributed by atoms with Gasteiger partial charge in [0.25, 0.3) is 0 Å². The zero-order chi connectivity index (χ0) is 13.4. The van der Waals surface area contributed by atoms with Gasteiger partial charge in [0, 0.05) is 28.2 Å². The number of hydrogen-bond donors (Lipinski definition) is 1. The molecule has 3 rings (SSSR count). The Kier molecular flexibility index (Phi) is 3.95. The molecular weight excluding hydrogens is 254 g/mol. The van der Waals surface area contributed by atoms with E-state index in [4.69, 9.17) is 0 Å². The summed E-state index contributed by atoms with van der Waals surface area (Å²) in [6, 6.07) is 2.91. The van der Waals surface area contributed by atoms with Crippen molar-refractivity contribution in [2.45, 2.75) is 69.3 Å². The Bertz CT molecular complexity index is 446. The van der Waals surface area contributed by atoms with Crippen LogP contribution in [-0.4, -0.2) is 21.2 Å². The van der Waals surface area contributed by atoms with Crippen LogP contribution in [0, 0.1) is 6.92 Å². The summed E-state index contributed by atoms with van der Waals surface area (Å²) >= 11 is 2.03. The van der Waals surface area contributed by atoms with Crippen molar-refractivity contribution in [3.8, 4) is 0 Å². The standard InChI is InChI=1S/C16H25NOS/c1-11-10-14-15(4-3-5-16(14)18)17(11)12-6-8-13(19-2)9-7-12/h10,12-13,16,18H,3-9H2,1-2H3. The highest BCUT2D eigenvalue weighted by Gasteiger charge is 2.28. The van der Waals surface area contributed by atoms with Gasteiger partial charge in [0.15, 0.2) is 0 Å². The van der Waals surface area contributed by atoms with Gasteiger partial charge in [-0.25, -0.2) is 0 Å². The fraction of sp³-hybridized carbons (Fsp3) is 0.750. The average molecular weight is 279 g/mol. The molecule has 0 aliphatic heterocycles. The predicted octanol–water partition coefficient (Wildman–Crippen LogP) is 4.01. The summed E-state index contributed by atoms with van der Waals surface area (Å²) in [6.45, 7) is 2.21. The first-order valence-corrected chi connectivity index (χ1v) is 8.91. The Morgan fingerprint density at radius 2 is 1.95 bits per heavy atom. The molecule has 1 atom stereocenters. The van der Waals surface area contributed by atoms with Crippen molar-refractivity contribution in [1.82, 2.24) is 4.57 Å².